The topological polar surface area (TPSA) is 82.0 Å². The van der Waals surface area contributed by atoms with Gasteiger partial charge in [-0.25, -0.2) is 0 Å². The summed E-state index contributed by atoms with van der Waals surface area (Å²) >= 11 is 1.31. The zero-order valence-corrected chi connectivity index (χ0v) is 19.0. The van der Waals surface area contributed by atoms with E-state index in [1.165, 1.54) is 11.8 Å². The van der Waals surface area contributed by atoms with E-state index >= 15 is 0 Å². The highest BCUT2D eigenvalue weighted by molar-refractivity contribution is 8.03. The van der Waals surface area contributed by atoms with Gasteiger partial charge in [0.2, 0.25) is 5.91 Å². The van der Waals surface area contributed by atoms with Crippen molar-refractivity contribution >= 4 is 29.1 Å². The van der Waals surface area contributed by atoms with Gasteiger partial charge in [-0.05, 0) is 49.9 Å². The van der Waals surface area contributed by atoms with Gasteiger partial charge in [0.25, 0.3) is 0 Å². The third-order valence-corrected chi connectivity index (χ3v) is 6.86. The fourth-order valence-electron chi connectivity index (χ4n) is 4.23. The summed E-state index contributed by atoms with van der Waals surface area (Å²) in [6.07, 6.45) is 2.06. The van der Waals surface area contributed by atoms with Crippen LogP contribution in [0, 0.1) is 25.2 Å². The first-order valence-electron chi connectivity index (χ1n) is 10.7. The van der Waals surface area contributed by atoms with Crippen molar-refractivity contribution in [1.29, 1.82) is 5.26 Å². The normalized spacial score (nSPS) is 18.0. The van der Waals surface area contributed by atoms with Crippen molar-refractivity contribution in [2.75, 3.05) is 11.1 Å². The number of hydrogen-bond acceptors (Lipinski definition) is 5. The van der Waals surface area contributed by atoms with Gasteiger partial charge >= 0.3 is 0 Å². The number of rotatable bonds is 5. The number of Topliss-reactive ketones (excluding diaryl/α,β-unsaturated/α-hetero) is 1. The Labute approximate surface area is 192 Å². The molecule has 1 aliphatic heterocycles. The van der Waals surface area contributed by atoms with Crippen molar-refractivity contribution < 1.29 is 9.59 Å². The van der Waals surface area contributed by atoms with Crippen molar-refractivity contribution in [3.63, 3.8) is 0 Å². The van der Waals surface area contributed by atoms with Crippen LogP contribution in [-0.4, -0.2) is 17.4 Å². The molecule has 0 radical (unpaired) electrons. The number of aryl methyl sites for hydroxylation is 2. The molecule has 0 fully saturated rings. The average molecular weight is 444 g/mol. The summed E-state index contributed by atoms with van der Waals surface area (Å²) in [6, 6.07) is 17.9. The molecule has 1 amide bonds. The van der Waals surface area contributed by atoms with Gasteiger partial charge < -0.3 is 10.6 Å². The molecule has 2 N–H and O–H groups in total. The van der Waals surface area contributed by atoms with E-state index in [1.54, 1.807) is 0 Å². The smallest absolute Gasteiger partial charge is 0.234 e. The quantitative estimate of drug-likeness (QED) is 0.671. The standard InChI is InChI=1S/C26H25N3O2S/c1-16-10-12-18(13-11-16)28-23(31)15-32-26-20(14-27)24(19-7-4-3-6-17(19)2)25-21(29-26)8-5-9-22(25)30/h3-4,6-7,10-13,24,29H,5,8-9,15H2,1-2H3,(H,28,31). The number of carbonyl (C=O) groups is 2. The van der Waals surface area contributed by atoms with E-state index in [4.69, 9.17) is 0 Å². The lowest BCUT2D eigenvalue weighted by Gasteiger charge is -2.33. The van der Waals surface area contributed by atoms with E-state index < -0.39 is 5.92 Å². The van der Waals surface area contributed by atoms with Crippen molar-refractivity contribution in [2.45, 2.75) is 39.0 Å². The molecule has 2 aromatic carbocycles. The summed E-state index contributed by atoms with van der Waals surface area (Å²) in [6.45, 7) is 4.00. The van der Waals surface area contributed by atoms with Gasteiger partial charge in [0.05, 0.1) is 28.3 Å². The molecule has 0 saturated heterocycles. The predicted molar refractivity (Wildman–Crippen MR) is 128 cm³/mol. The number of anilines is 1. The Balaban J connectivity index is 1.62. The molecule has 1 heterocycles. The van der Waals surface area contributed by atoms with Crippen LogP contribution in [0.2, 0.25) is 0 Å². The maximum absolute atomic E-state index is 12.9. The number of thioether (sulfide) groups is 1. The van der Waals surface area contributed by atoms with Crippen LogP contribution in [-0.2, 0) is 9.59 Å². The van der Waals surface area contributed by atoms with Gasteiger partial charge in [-0.2, -0.15) is 5.26 Å². The minimum atomic E-state index is -0.395. The molecule has 0 aromatic heterocycles. The second-order valence-electron chi connectivity index (χ2n) is 8.14. The minimum Gasteiger partial charge on any atom is -0.352 e. The molecule has 0 saturated carbocycles. The third-order valence-electron chi connectivity index (χ3n) is 5.85. The van der Waals surface area contributed by atoms with Gasteiger partial charge in [-0.3, -0.25) is 9.59 Å². The fourth-order valence-corrected chi connectivity index (χ4v) is 5.09. The molecular weight excluding hydrogens is 418 g/mol. The predicted octanol–water partition coefficient (Wildman–Crippen LogP) is 5.10. The summed E-state index contributed by atoms with van der Waals surface area (Å²) in [5.74, 6) is -0.274. The summed E-state index contributed by atoms with van der Waals surface area (Å²) < 4.78 is 0. The summed E-state index contributed by atoms with van der Waals surface area (Å²) in [7, 11) is 0. The Bertz CT molecular complexity index is 1170. The summed E-state index contributed by atoms with van der Waals surface area (Å²) in [5.41, 5.74) is 5.97. The lowest BCUT2D eigenvalue weighted by molar-refractivity contribution is -0.116. The first-order valence-corrected chi connectivity index (χ1v) is 11.7. The van der Waals surface area contributed by atoms with Crippen LogP contribution in [0.15, 0.2) is 70.4 Å². The average Bonchev–Trinajstić information content (AvgIpc) is 2.79. The molecule has 0 spiro atoms. The molecule has 1 aliphatic carbocycles. The molecule has 1 unspecified atom stereocenters. The number of benzene rings is 2. The molecule has 162 valence electrons. The van der Waals surface area contributed by atoms with E-state index in [2.05, 4.69) is 16.7 Å². The van der Waals surface area contributed by atoms with E-state index in [0.29, 0.717) is 22.6 Å². The Hall–Kier alpha value is -3.30. The fraction of sp³-hybridized carbons (Fsp3) is 0.269. The van der Waals surface area contributed by atoms with Gasteiger partial charge in [-0.1, -0.05) is 53.7 Å². The van der Waals surface area contributed by atoms with Crippen LogP contribution in [0.5, 0.6) is 0 Å². The number of nitrogens with one attached hydrogen (secondary N) is 2. The van der Waals surface area contributed by atoms with E-state index in [9.17, 15) is 14.9 Å². The second kappa shape index (κ2) is 9.46. The first-order chi connectivity index (χ1) is 15.5. The Morgan fingerprint density at radius 3 is 2.62 bits per heavy atom. The van der Waals surface area contributed by atoms with E-state index in [-0.39, 0.29) is 17.4 Å². The van der Waals surface area contributed by atoms with Crippen LogP contribution < -0.4 is 10.6 Å². The molecule has 4 rings (SSSR count). The zero-order valence-electron chi connectivity index (χ0n) is 18.2. The molecule has 2 aromatic rings. The molecule has 2 aliphatic rings. The largest absolute Gasteiger partial charge is 0.352 e. The number of nitrogens with zero attached hydrogens (tertiary/aromatic N) is 1. The number of amides is 1. The highest BCUT2D eigenvalue weighted by Gasteiger charge is 2.37. The second-order valence-corrected chi connectivity index (χ2v) is 9.13. The number of hydrogen-bond donors (Lipinski definition) is 2. The highest BCUT2D eigenvalue weighted by atomic mass is 32.2. The third kappa shape index (κ3) is 4.49. The van der Waals surface area contributed by atoms with E-state index in [0.717, 1.165) is 40.9 Å². The Morgan fingerprint density at radius 1 is 1.16 bits per heavy atom. The Morgan fingerprint density at radius 2 is 1.91 bits per heavy atom. The lowest BCUT2D eigenvalue weighted by Crippen LogP contribution is -2.32. The molecule has 32 heavy (non-hydrogen) atoms. The minimum absolute atomic E-state index is 0.0981. The van der Waals surface area contributed by atoms with Crippen LogP contribution >= 0.6 is 11.8 Å². The van der Waals surface area contributed by atoms with Crippen molar-refractivity contribution in [3.05, 3.63) is 87.1 Å². The highest BCUT2D eigenvalue weighted by Crippen LogP contribution is 2.44. The van der Waals surface area contributed by atoms with E-state index in [1.807, 2.05) is 62.4 Å². The number of dihydropyridines is 1. The number of allylic oxidation sites excluding steroid dienone is 3. The monoisotopic (exact) mass is 443 g/mol. The molecular formula is C26H25N3O2S. The SMILES string of the molecule is Cc1ccc(NC(=O)CSC2=C(C#N)C(c3ccccc3C)C3=C(CCCC3=O)N2)cc1. The van der Waals surface area contributed by atoms with Gasteiger partial charge in [0.15, 0.2) is 5.78 Å². The maximum atomic E-state index is 12.9. The number of ketones is 1. The number of nitriles is 1. The zero-order chi connectivity index (χ0) is 22.7. The first kappa shape index (κ1) is 21.9. The van der Waals surface area contributed by atoms with Crippen LogP contribution in [0.1, 0.15) is 41.9 Å². The molecule has 0 bridgehead atoms. The number of carbonyl (C=O) groups excluding carboxylic acids is 2. The van der Waals surface area contributed by atoms with Gasteiger partial charge in [0.1, 0.15) is 0 Å². The van der Waals surface area contributed by atoms with Crippen molar-refractivity contribution in [1.82, 2.24) is 5.32 Å². The van der Waals surface area contributed by atoms with Gasteiger partial charge in [-0.15, -0.1) is 0 Å². The summed E-state index contributed by atoms with van der Waals surface area (Å²) in [5, 5.41) is 17.0. The van der Waals surface area contributed by atoms with Crippen LogP contribution in [0.25, 0.3) is 0 Å². The summed E-state index contributed by atoms with van der Waals surface area (Å²) in [4.78, 5) is 25.4. The van der Waals surface area contributed by atoms with Crippen LogP contribution in [0.3, 0.4) is 0 Å². The maximum Gasteiger partial charge on any atom is 0.234 e. The molecule has 6 heteroatoms. The Kier molecular flexibility index (Phi) is 6.48. The van der Waals surface area contributed by atoms with Crippen molar-refractivity contribution in [3.8, 4) is 6.07 Å². The van der Waals surface area contributed by atoms with Crippen LogP contribution in [0.4, 0.5) is 5.69 Å². The van der Waals surface area contributed by atoms with Crippen molar-refractivity contribution in [2.24, 2.45) is 0 Å². The molecule has 1 atom stereocenters. The van der Waals surface area contributed by atoms with Gasteiger partial charge in [0, 0.05) is 23.4 Å². The lowest BCUT2D eigenvalue weighted by atomic mass is 9.76. The molecule has 5 nitrogen and oxygen atoms in total.